The second-order valence-electron chi connectivity index (χ2n) is 4.67. The van der Waals surface area contributed by atoms with Crippen molar-refractivity contribution in [3.63, 3.8) is 0 Å². The van der Waals surface area contributed by atoms with E-state index in [0.29, 0.717) is 12.0 Å². The number of ketones is 1. The number of Topliss-reactive ketones (excluding diaryl/α,β-unsaturated/α-hetero) is 1. The summed E-state index contributed by atoms with van der Waals surface area (Å²) in [6, 6.07) is 9.55. The Labute approximate surface area is 105 Å². The third kappa shape index (κ3) is 1.93. The zero-order valence-corrected chi connectivity index (χ0v) is 9.91. The number of hydrogen-bond acceptors (Lipinski definition) is 3. The monoisotopic (exact) mass is 238 g/mol. The highest BCUT2D eigenvalue weighted by Crippen LogP contribution is 2.23. The average molecular weight is 238 g/mol. The van der Waals surface area contributed by atoms with Gasteiger partial charge in [0.15, 0.2) is 5.78 Å². The van der Waals surface area contributed by atoms with Crippen LogP contribution in [0.2, 0.25) is 0 Å². The fourth-order valence-electron chi connectivity index (χ4n) is 2.36. The minimum atomic E-state index is -0.0823. The molecule has 0 saturated carbocycles. The zero-order valence-electron chi connectivity index (χ0n) is 9.91. The summed E-state index contributed by atoms with van der Waals surface area (Å²) in [5, 5.41) is 1.05. The summed E-state index contributed by atoms with van der Waals surface area (Å²) in [4.78, 5) is 16.6. The van der Waals surface area contributed by atoms with E-state index in [1.54, 1.807) is 6.20 Å². The Morgan fingerprint density at radius 3 is 2.94 bits per heavy atom. The number of benzene rings is 1. The Bertz CT molecular complexity index is 633. The lowest BCUT2D eigenvalue weighted by molar-refractivity contribution is 0.0943. The van der Waals surface area contributed by atoms with Crippen molar-refractivity contribution in [1.82, 2.24) is 4.98 Å². The second kappa shape index (κ2) is 4.35. The predicted molar refractivity (Wildman–Crippen MR) is 71.3 cm³/mol. The second-order valence-corrected chi connectivity index (χ2v) is 4.67. The van der Waals surface area contributed by atoms with Crippen LogP contribution in [0.15, 0.2) is 48.7 Å². The summed E-state index contributed by atoms with van der Waals surface area (Å²) in [6.45, 7) is 0. The highest BCUT2D eigenvalue weighted by molar-refractivity contribution is 6.01. The van der Waals surface area contributed by atoms with E-state index in [1.165, 1.54) is 0 Å². The number of carbonyl (C=O) groups is 1. The van der Waals surface area contributed by atoms with Gasteiger partial charge in [-0.2, -0.15) is 0 Å². The Balaban J connectivity index is 1.94. The first-order chi connectivity index (χ1) is 8.74. The van der Waals surface area contributed by atoms with Crippen molar-refractivity contribution in [3.8, 4) is 0 Å². The van der Waals surface area contributed by atoms with Gasteiger partial charge in [-0.15, -0.1) is 0 Å². The topological polar surface area (TPSA) is 56.0 Å². The van der Waals surface area contributed by atoms with Crippen LogP contribution in [0.1, 0.15) is 16.8 Å². The van der Waals surface area contributed by atoms with E-state index in [1.807, 2.05) is 42.5 Å². The molecule has 0 bridgehead atoms. The van der Waals surface area contributed by atoms with Gasteiger partial charge >= 0.3 is 0 Å². The Morgan fingerprint density at radius 1 is 1.28 bits per heavy atom. The first-order valence-corrected chi connectivity index (χ1v) is 6.07. The molecule has 2 aromatic rings. The smallest absolute Gasteiger partial charge is 0.169 e. The number of carbonyl (C=O) groups excluding carboxylic acids is 1. The summed E-state index contributed by atoms with van der Waals surface area (Å²) < 4.78 is 0. The van der Waals surface area contributed by atoms with Crippen LogP contribution >= 0.6 is 0 Å². The number of nitrogens with zero attached hydrogens (tertiary/aromatic N) is 1. The maximum absolute atomic E-state index is 12.3. The van der Waals surface area contributed by atoms with Crippen LogP contribution in [0, 0.1) is 5.92 Å². The molecule has 0 saturated heterocycles. The summed E-state index contributed by atoms with van der Waals surface area (Å²) in [6.07, 6.45) is 6.26. The largest absolute Gasteiger partial charge is 0.324 e. The van der Waals surface area contributed by atoms with E-state index in [0.717, 1.165) is 10.9 Å². The minimum Gasteiger partial charge on any atom is -0.324 e. The van der Waals surface area contributed by atoms with Crippen molar-refractivity contribution in [2.75, 3.05) is 0 Å². The van der Waals surface area contributed by atoms with E-state index >= 15 is 0 Å². The van der Waals surface area contributed by atoms with Crippen LogP contribution in [0.4, 0.5) is 0 Å². The molecule has 18 heavy (non-hydrogen) atoms. The average Bonchev–Trinajstić information content (AvgIpc) is 2.84. The van der Waals surface area contributed by atoms with Gasteiger partial charge in [0, 0.05) is 29.1 Å². The molecule has 3 heteroatoms. The van der Waals surface area contributed by atoms with E-state index in [9.17, 15) is 4.79 Å². The van der Waals surface area contributed by atoms with Gasteiger partial charge in [0.2, 0.25) is 0 Å². The lowest BCUT2D eigenvalue weighted by atomic mass is 9.96. The van der Waals surface area contributed by atoms with Gasteiger partial charge in [0.05, 0.1) is 5.52 Å². The maximum atomic E-state index is 12.3. The molecule has 1 heterocycles. The van der Waals surface area contributed by atoms with Gasteiger partial charge in [0.25, 0.3) is 0 Å². The maximum Gasteiger partial charge on any atom is 0.169 e. The van der Waals surface area contributed by atoms with Crippen LogP contribution < -0.4 is 5.73 Å². The van der Waals surface area contributed by atoms with Gasteiger partial charge < -0.3 is 5.73 Å². The zero-order chi connectivity index (χ0) is 12.5. The Kier molecular flexibility index (Phi) is 2.68. The fraction of sp³-hybridized carbons (Fsp3) is 0.200. The summed E-state index contributed by atoms with van der Waals surface area (Å²) in [5.74, 6) is 0.0490. The first-order valence-electron chi connectivity index (χ1n) is 6.07. The van der Waals surface area contributed by atoms with Crippen molar-refractivity contribution >= 4 is 16.7 Å². The number of rotatable bonds is 2. The van der Waals surface area contributed by atoms with Gasteiger partial charge in [-0.3, -0.25) is 9.78 Å². The van der Waals surface area contributed by atoms with Crippen molar-refractivity contribution in [2.45, 2.75) is 12.5 Å². The standard InChI is InChI=1S/C15H14N2O/c16-13-6-5-11(8-13)15(18)12-4-3-10-2-1-7-17-14(10)9-12/h1-7,9,11,13H,8,16H2. The summed E-state index contributed by atoms with van der Waals surface area (Å²) >= 11 is 0. The van der Waals surface area contributed by atoms with Gasteiger partial charge in [0.1, 0.15) is 0 Å². The molecule has 2 N–H and O–H groups in total. The van der Waals surface area contributed by atoms with Crippen LogP contribution in [-0.4, -0.2) is 16.8 Å². The molecule has 2 atom stereocenters. The molecular weight excluding hydrogens is 224 g/mol. The number of fused-ring (bicyclic) bond motifs is 1. The van der Waals surface area contributed by atoms with Crippen LogP contribution in [0.5, 0.6) is 0 Å². The Morgan fingerprint density at radius 2 is 2.17 bits per heavy atom. The van der Waals surface area contributed by atoms with Crippen LogP contribution in [0.25, 0.3) is 10.9 Å². The molecular formula is C15H14N2O. The number of hydrogen-bond donors (Lipinski definition) is 1. The third-order valence-electron chi connectivity index (χ3n) is 3.34. The van der Waals surface area contributed by atoms with E-state index in [4.69, 9.17) is 5.73 Å². The lowest BCUT2D eigenvalue weighted by Gasteiger charge is -2.08. The van der Waals surface area contributed by atoms with Crippen molar-refractivity contribution in [3.05, 3.63) is 54.2 Å². The number of pyridine rings is 1. The SMILES string of the molecule is NC1C=CC(C(=O)c2ccc3cccnc3c2)C1. The fourth-order valence-corrected chi connectivity index (χ4v) is 2.36. The van der Waals surface area contributed by atoms with E-state index < -0.39 is 0 Å². The molecule has 3 rings (SSSR count). The quantitative estimate of drug-likeness (QED) is 0.645. The molecule has 1 aromatic heterocycles. The lowest BCUT2D eigenvalue weighted by Crippen LogP contribution is -2.19. The summed E-state index contributed by atoms with van der Waals surface area (Å²) in [7, 11) is 0. The number of nitrogens with two attached hydrogens (primary N) is 1. The van der Waals surface area contributed by atoms with E-state index in [-0.39, 0.29) is 17.7 Å². The number of allylic oxidation sites excluding steroid dienone is 1. The molecule has 0 aliphatic heterocycles. The highest BCUT2D eigenvalue weighted by atomic mass is 16.1. The first kappa shape index (κ1) is 11.1. The van der Waals surface area contributed by atoms with Crippen LogP contribution in [-0.2, 0) is 0 Å². The van der Waals surface area contributed by atoms with Gasteiger partial charge in [-0.05, 0) is 18.6 Å². The van der Waals surface area contributed by atoms with Crippen molar-refractivity contribution < 1.29 is 4.79 Å². The predicted octanol–water partition coefficient (Wildman–Crippen LogP) is 2.32. The molecule has 3 nitrogen and oxygen atoms in total. The molecule has 1 aliphatic carbocycles. The van der Waals surface area contributed by atoms with Gasteiger partial charge in [-0.25, -0.2) is 0 Å². The molecule has 0 amide bonds. The van der Waals surface area contributed by atoms with Gasteiger partial charge in [-0.1, -0.05) is 30.4 Å². The molecule has 90 valence electrons. The minimum absolute atomic E-state index is 0.0116. The third-order valence-corrected chi connectivity index (χ3v) is 3.34. The molecule has 0 spiro atoms. The summed E-state index contributed by atoms with van der Waals surface area (Å²) in [5.41, 5.74) is 7.35. The van der Waals surface area contributed by atoms with Crippen molar-refractivity contribution in [1.29, 1.82) is 0 Å². The van der Waals surface area contributed by atoms with Crippen LogP contribution in [0.3, 0.4) is 0 Å². The highest BCUT2D eigenvalue weighted by Gasteiger charge is 2.23. The molecule has 2 unspecified atom stereocenters. The Hall–Kier alpha value is -2.00. The molecule has 1 aliphatic rings. The normalized spacial score (nSPS) is 22.5. The molecule has 1 aromatic carbocycles. The molecule has 0 radical (unpaired) electrons. The van der Waals surface area contributed by atoms with E-state index in [2.05, 4.69) is 4.98 Å². The molecule has 0 fully saturated rings. The number of aromatic nitrogens is 1. The van der Waals surface area contributed by atoms with Crippen molar-refractivity contribution in [2.24, 2.45) is 11.7 Å².